The monoisotopic (exact) mass is 323 g/mol. The van der Waals surface area contributed by atoms with Crippen LogP contribution in [-0.4, -0.2) is 26.7 Å². The van der Waals surface area contributed by atoms with Crippen LogP contribution in [0.3, 0.4) is 0 Å². The number of halogens is 2. The van der Waals surface area contributed by atoms with Crippen molar-refractivity contribution in [3.63, 3.8) is 0 Å². The van der Waals surface area contributed by atoms with Crippen LogP contribution in [-0.2, 0) is 0 Å². The number of fused-ring (bicyclic) bond motifs is 1. The van der Waals surface area contributed by atoms with E-state index in [0.717, 1.165) is 11.3 Å². The van der Waals surface area contributed by atoms with Gasteiger partial charge in [-0.05, 0) is 18.6 Å². The summed E-state index contributed by atoms with van der Waals surface area (Å²) in [4.78, 5) is 8.09. The van der Waals surface area contributed by atoms with E-state index in [-0.39, 0.29) is 0 Å². The highest BCUT2D eigenvalue weighted by Gasteiger charge is 2.11. The molecule has 0 atom stereocenters. The van der Waals surface area contributed by atoms with Gasteiger partial charge in [-0.3, -0.25) is 0 Å². The Bertz CT molecular complexity index is 818. The molecule has 0 bridgehead atoms. The van der Waals surface area contributed by atoms with E-state index in [4.69, 9.17) is 27.9 Å². The zero-order valence-electron chi connectivity index (χ0n) is 11.3. The van der Waals surface area contributed by atoms with Gasteiger partial charge in [0, 0.05) is 17.2 Å². The van der Waals surface area contributed by atoms with Gasteiger partial charge in [-0.15, -0.1) is 0 Å². The van der Waals surface area contributed by atoms with Gasteiger partial charge >= 0.3 is 0 Å². The molecule has 0 amide bonds. The Kier molecular flexibility index (Phi) is 3.57. The summed E-state index contributed by atoms with van der Waals surface area (Å²) in [5, 5.41) is 8.28. The van der Waals surface area contributed by atoms with E-state index in [1.54, 1.807) is 23.8 Å². The summed E-state index contributed by atoms with van der Waals surface area (Å²) in [5.41, 5.74) is 1.67. The Balaban J connectivity index is 2.10. The van der Waals surface area contributed by atoms with Crippen LogP contribution in [0, 0.1) is 6.92 Å². The van der Waals surface area contributed by atoms with Crippen molar-refractivity contribution < 1.29 is 4.74 Å². The van der Waals surface area contributed by atoms with Crippen LogP contribution >= 0.6 is 23.2 Å². The maximum Gasteiger partial charge on any atom is 0.255 e. The molecule has 108 valence electrons. The minimum Gasteiger partial charge on any atom is -0.495 e. The van der Waals surface area contributed by atoms with Crippen LogP contribution in [0.5, 0.6) is 5.75 Å². The van der Waals surface area contributed by atoms with Crippen LogP contribution < -0.4 is 10.1 Å². The minimum absolute atomic E-state index is 0.322. The van der Waals surface area contributed by atoms with Gasteiger partial charge in [-0.25, -0.2) is 0 Å². The first-order chi connectivity index (χ1) is 10.1. The maximum absolute atomic E-state index is 6.10. The summed E-state index contributed by atoms with van der Waals surface area (Å²) >= 11 is 12.1. The predicted octanol–water partition coefficient (Wildman–Crippen LogP) is 3.49. The van der Waals surface area contributed by atoms with Crippen molar-refractivity contribution in [2.24, 2.45) is 0 Å². The molecule has 2 heterocycles. The molecule has 0 fully saturated rings. The van der Waals surface area contributed by atoms with Gasteiger partial charge in [0.2, 0.25) is 0 Å². The molecule has 0 saturated carbocycles. The Morgan fingerprint density at radius 2 is 2.05 bits per heavy atom. The third kappa shape index (κ3) is 2.59. The van der Waals surface area contributed by atoms with E-state index < -0.39 is 0 Å². The van der Waals surface area contributed by atoms with Crippen LogP contribution in [0.2, 0.25) is 10.2 Å². The summed E-state index contributed by atoms with van der Waals surface area (Å²) in [6.45, 7) is 1.91. The van der Waals surface area contributed by atoms with Crippen LogP contribution in [0.4, 0.5) is 11.5 Å². The molecule has 0 unspecified atom stereocenters. The zero-order chi connectivity index (χ0) is 15.0. The number of hydrogen-bond donors (Lipinski definition) is 1. The number of aromatic nitrogens is 4. The Labute approximate surface area is 130 Å². The summed E-state index contributed by atoms with van der Waals surface area (Å²) in [5.74, 6) is 1.66. The lowest BCUT2D eigenvalue weighted by molar-refractivity contribution is 0.416. The predicted molar refractivity (Wildman–Crippen MR) is 81.8 cm³/mol. The van der Waals surface area contributed by atoms with Gasteiger partial charge in [-0.1, -0.05) is 23.2 Å². The van der Waals surface area contributed by atoms with Gasteiger partial charge in [-0.2, -0.15) is 19.6 Å². The second-order valence-corrected chi connectivity index (χ2v) is 5.16. The van der Waals surface area contributed by atoms with Gasteiger partial charge < -0.3 is 10.1 Å². The molecule has 8 heteroatoms. The number of rotatable bonds is 3. The van der Waals surface area contributed by atoms with Gasteiger partial charge in [0.05, 0.1) is 12.8 Å². The molecular formula is C13H11Cl2N5O. The third-order valence-corrected chi connectivity index (χ3v) is 3.56. The lowest BCUT2D eigenvalue weighted by Gasteiger charge is -2.13. The normalized spacial score (nSPS) is 10.9. The quantitative estimate of drug-likeness (QED) is 0.747. The average molecular weight is 324 g/mol. The molecule has 0 saturated heterocycles. The van der Waals surface area contributed by atoms with E-state index >= 15 is 0 Å². The smallest absolute Gasteiger partial charge is 0.255 e. The van der Waals surface area contributed by atoms with Crippen molar-refractivity contribution >= 4 is 40.5 Å². The SMILES string of the molecule is COc1cc(Cl)c(C)cc1Nc1cc(Cl)nc2ncnn12. The molecule has 1 aromatic carbocycles. The number of hydrogen-bond acceptors (Lipinski definition) is 5. The van der Waals surface area contributed by atoms with Crippen LogP contribution in [0.25, 0.3) is 5.78 Å². The molecule has 0 aliphatic carbocycles. The molecule has 2 aromatic heterocycles. The van der Waals surface area contributed by atoms with Crippen LogP contribution in [0.15, 0.2) is 24.5 Å². The summed E-state index contributed by atoms with van der Waals surface area (Å²) in [7, 11) is 1.58. The molecule has 0 aliphatic rings. The first kappa shape index (κ1) is 13.9. The number of methoxy groups -OCH3 is 1. The highest BCUT2D eigenvalue weighted by atomic mass is 35.5. The molecule has 3 rings (SSSR count). The fourth-order valence-corrected chi connectivity index (χ4v) is 2.27. The van der Waals surface area contributed by atoms with E-state index in [1.165, 1.54) is 6.33 Å². The Hall–Kier alpha value is -2.05. The molecule has 3 aromatic rings. The molecule has 0 radical (unpaired) electrons. The van der Waals surface area contributed by atoms with Crippen molar-refractivity contribution in [3.8, 4) is 5.75 Å². The van der Waals surface area contributed by atoms with E-state index in [0.29, 0.717) is 27.5 Å². The maximum atomic E-state index is 6.10. The largest absolute Gasteiger partial charge is 0.495 e. The summed E-state index contributed by atoms with van der Waals surface area (Å²) < 4.78 is 6.89. The summed E-state index contributed by atoms with van der Waals surface area (Å²) in [6.07, 6.45) is 1.41. The van der Waals surface area contributed by atoms with Crippen molar-refractivity contribution in [2.75, 3.05) is 12.4 Å². The Morgan fingerprint density at radius 1 is 1.24 bits per heavy atom. The highest BCUT2D eigenvalue weighted by Crippen LogP contribution is 2.33. The molecule has 0 aliphatic heterocycles. The van der Waals surface area contributed by atoms with Crippen molar-refractivity contribution in [3.05, 3.63) is 40.3 Å². The molecule has 6 nitrogen and oxygen atoms in total. The minimum atomic E-state index is 0.322. The molecular weight excluding hydrogens is 313 g/mol. The molecule has 1 N–H and O–H groups in total. The van der Waals surface area contributed by atoms with E-state index in [2.05, 4.69) is 20.4 Å². The number of nitrogens with zero attached hydrogens (tertiary/aromatic N) is 4. The van der Waals surface area contributed by atoms with E-state index in [1.807, 2.05) is 13.0 Å². The molecule has 0 spiro atoms. The number of aryl methyl sites for hydroxylation is 1. The standard InChI is InChI=1S/C13H11Cl2N5O/c1-7-3-9(10(21-2)4-8(7)14)18-12-5-11(15)19-13-16-6-17-20(12)13/h3-6,18H,1-2H3. The average Bonchev–Trinajstić information content (AvgIpc) is 2.90. The van der Waals surface area contributed by atoms with Gasteiger partial charge in [0.15, 0.2) is 0 Å². The highest BCUT2D eigenvalue weighted by molar-refractivity contribution is 6.31. The fourth-order valence-electron chi connectivity index (χ4n) is 1.94. The second kappa shape index (κ2) is 5.38. The second-order valence-electron chi connectivity index (χ2n) is 4.36. The first-order valence-electron chi connectivity index (χ1n) is 6.06. The first-order valence-corrected chi connectivity index (χ1v) is 6.81. The van der Waals surface area contributed by atoms with Gasteiger partial charge in [0.1, 0.15) is 23.0 Å². The number of benzene rings is 1. The summed E-state index contributed by atoms with van der Waals surface area (Å²) in [6, 6.07) is 5.30. The number of anilines is 2. The lowest BCUT2D eigenvalue weighted by Crippen LogP contribution is -2.03. The van der Waals surface area contributed by atoms with Crippen molar-refractivity contribution in [1.29, 1.82) is 0 Å². The third-order valence-electron chi connectivity index (χ3n) is 2.96. The molecule has 21 heavy (non-hydrogen) atoms. The fraction of sp³-hybridized carbons (Fsp3) is 0.154. The van der Waals surface area contributed by atoms with Crippen molar-refractivity contribution in [1.82, 2.24) is 19.6 Å². The van der Waals surface area contributed by atoms with Crippen molar-refractivity contribution in [2.45, 2.75) is 6.92 Å². The topological polar surface area (TPSA) is 64.3 Å². The number of nitrogens with one attached hydrogen (secondary N) is 1. The number of ether oxygens (including phenoxy) is 1. The Morgan fingerprint density at radius 3 is 2.81 bits per heavy atom. The lowest BCUT2D eigenvalue weighted by atomic mass is 10.2. The van der Waals surface area contributed by atoms with E-state index in [9.17, 15) is 0 Å². The zero-order valence-corrected chi connectivity index (χ0v) is 12.8. The van der Waals surface area contributed by atoms with Crippen LogP contribution in [0.1, 0.15) is 5.56 Å². The van der Waals surface area contributed by atoms with Gasteiger partial charge in [0.25, 0.3) is 5.78 Å².